The second kappa shape index (κ2) is 5.37. The second-order valence-electron chi connectivity index (χ2n) is 6.31. The minimum Gasteiger partial charge on any atom is -0.373 e. The maximum atomic E-state index is 11.7. The molecule has 0 saturated carbocycles. The summed E-state index contributed by atoms with van der Waals surface area (Å²) in [7, 11) is 1.83. The molecular weight excluding hydrogens is 314 g/mol. The van der Waals surface area contributed by atoms with Crippen LogP contribution in [0.2, 0.25) is 0 Å². The van der Waals surface area contributed by atoms with Crippen molar-refractivity contribution in [2.45, 2.75) is 13.8 Å². The molecule has 0 aliphatic rings. The van der Waals surface area contributed by atoms with Gasteiger partial charge in [-0.05, 0) is 43.2 Å². The molecule has 1 aromatic carbocycles. The number of amides is 1. The summed E-state index contributed by atoms with van der Waals surface area (Å²) in [5.74, 6) is 0.304. The van der Waals surface area contributed by atoms with Crippen molar-refractivity contribution in [3.8, 4) is 11.1 Å². The first-order chi connectivity index (χ1) is 12.0. The number of pyridine rings is 1. The number of aromatic nitrogens is 3. The molecule has 0 bridgehead atoms. The minimum atomic E-state index is -0.486. The van der Waals surface area contributed by atoms with Crippen LogP contribution in [-0.4, -0.2) is 27.6 Å². The van der Waals surface area contributed by atoms with Gasteiger partial charge in [0.05, 0.1) is 17.3 Å². The lowest BCUT2D eigenvalue weighted by Gasteiger charge is -2.09. The van der Waals surface area contributed by atoms with Crippen molar-refractivity contribution >= 4 is 28.1 Å². The fourth-order valence-corrected chi connectivity index (χ4v) is 3.44. The number of nitrogens with one attached hydrogen (secondary N) is 2. The van der Waals surface area contributed by atoms with Crippen LogP contribution in [0.3, 0.4) is 0 Å². The van der Waals surface area contributed by atoms with Crippen LogP contribution in [0.25, 0.3) is 27.5 Å². The van der Waals surface area contributed by atoms with Gasteiger partial charge >= 0.3 is 0 Å². The standard InChI is InChI=1S/C19H19N5O/c1-10-4-11(2)18-13(5-10)14(8-22-18)12-6-16-15(19(20)25)9-23-24(16)17(7-12)21-3/h4-9,21-22H,1-3H3,(H2,20,25). The zero-order valence-corrected chi connectivity index (χ0v) is 14.3. The lowest BCUT2D eigenvalue weighted by Crippen LogP contribution is -2.10. The van der Waals surface area contributed by atoms with Crippen LogP contribution >= 0.6 is 0 Å². The third-order valence-corrected chi connectivity index (χ3v) is 4.58. The number of carbonyl (C=O) groups is 1. The third kappa shape index (κ3) is 2.26. The van der Waals surface area contributed by atoms with E-state index < -0.39 is 5.91 Å². The zero-order chi connectivity index (χ0) is 17.7. The number of carbonyl (C=O) groups excluding carboxylic acids is 1. The summed E-state index contributed by atoms with van der Waals surface area (Å²) in [4.78, 5) is 15.1. The van der Waals surface area contributed by atoms with Crippen LogP contribution in [0.1, 0.15) is 21.5 Å². The largest absolute Gasteiger partial charge is 0.373 e. The van der Waals surface area contributed by atoms with Crippen molar-refractivity contribution < 1.29 is 4.79 Å². The molecule has 0 atom stereocenters. The van der Waals surface area contributed by atoms with E-state index >= 15 is 0 Å². The van der Waals surface area contributed by atoms with E-state index in [2.05, 4.69) is 41.4 Å². The summed E-state index contributed by atoms with van der Waals surface area (Å²) < 4.78 is 1.69. The predicted octanol–water partition coefficient (Wildman–Crippen LogP) is 3.24. The Hall–Kier alpha value is -3.28. The number of primary amides is 1. The van der Waals surface area contributed by atoms with Crippen molar-refractivity contribution in [1.29, 1.82) is 0 Å². The van der Waals surface area contributed by atoms with E-state index in [9.17, 15) is 4.79 Å². The molecule has 4 aromatic rings. The lowest BCUT2D eigenvalue weighted by molar-refractivity contribution is 0.100. The van der Waals surface area contributed by atoms with Crippen LogP contribution in [0.5, 0.6) is 0 Å². The molecule has 0 aliphatic carbocycles. The molecule has 0 spiro atoms. The molecule has 126 valence electrons. The molecule has 3 heterocycles. The van der Waals surface area contributed by atoms with E-state index in [1.54, 1.807) is 4.52 Å². The molecule has 3 aromatic heterocycles. The fourth-order valence-electron chi connectivity index (χ4n) is 3.44. The number of aryl methyl sites for hydroxylation is 2. The average Bonchev–Trinajstić information content (AvgIpc) is 3.17. The first kappa shape index (κ1) is 15.3. The van der Waals surface area contributed by atoms with Crippen LogP contribution in [0, 0.1) is 13.8 Å². The highest BCUT2D eigenvalue weighted by Gasteiger charge is 2.16. The van der Waals surface area contributed by atoms with Crippen molar-refractivity contribution in [2.24, 2.45) is 5.73 Å². The highest BCUT2D eigenvalue weighted by molar-refractivity contribution is 6.02. The summed E-state index contributed by atoms with van der Waals surface area (Å²) in [5, 5.41) is 8.56. The smallest absolute Gasteiger partial charge is 0.252 e. The van der Waals surface area contributed by atoms with Gasteiger partial charge in [0.25, 0.3) is 5.91 Å². The lowest BCUT2D eigenvalue weighted by atomic mass is 10.0. The van der Waals surface area contributed by atoms with Crippen molar-refractivity contribution in [2.75, 3.05) is 12.4 Å². The van der Waals surface area contributed by atoms with Gasteiger partial charge in [0.2, 0.25) is 0 Å². The predicted molar refractivity (Wildman–Crippen MR) is 100 cm³/mol. The van der Waals surface area contributed by atoms with Crippen molar-refractivity contribution in [3.63, 3.8) is 0 Å². The second-order valence-corrected chi connectivity index (χ2v) is 6.31. The van der Waals surface area contributed by atoms with E-state index in [0.29, 0.717) is 11.1 Å². The summed E-state index contributed by atoms with van der Waals surface area (Å²) in [5.41, 5.74) is 12.2. The monoisotopic (exact) mass is 333 g/mol. The molecule has 4 N–H and O–H groups in total. The van der Waals surface area contributed by atoms with E-state index in [1.165, 1.54) is 17.3 Å². The Morgan fingerprint density at radius 1 is 1.24 bits per heavy atom. The maximum absolute atomic E-state index is 11.7. The van der Waals surface area contributed by atoms with Crippen LogP contribution in [0.4, 0.5) is 5.82 Å². The van der Waals surface area contributed by atoms with E-state index in [0.717, 1.165) is 27.8 Å². The number of benzene rings is 1. The van der Waals surface area contributed by atoms with E-state index in [-0.39, 0.29) is 0 Å². The normalized spacial score (nSPS) is 11.3. The molecule has 0 saturated heterocycles. The first-order valence-electron chi connectivity index (χ1n) is 8.07. The molecule has 25 heavy (non-hydrogen) atoms. The number of fused-ring (bicyclic) bond motifs is 2. The van der Waals surface area contributed by atoms with Gasteiger partial charge in [-0.2, -0.15) is 5.10 Å². The number of hydrogen-bond acceptors (Lipinski definition) is 3. The Kier molecular flexibility index (Phi) is 3.28. The van der Waals surface area contributed by atoms with Gasteiger partial charge in [0.15, 0.2) is 0 Å². The number of anilines is 1. The summed E-state index contributed by atoms with van der Waals surface area (Å²) in [6.45, 7) is 4.19. The highest BCUT2D eigenvalue weighted by atomic mass is 16.1. The van der Waals surface area contributed by atoms with Gasteiger partial charge in [0, 0.05) is 29.7 Å². The summed E-state index contributed by atoms with van der Waals surface area (Å²) in [6.07, 6.45) is 3.51. The molecule has 4 rings (SSSR count). The topological polar surface area (TPSA) is 88.2 Å². The summed E-state index contributed by atoms with van der Waals surface area (Å²) in [6, 6.07) is 8.30. The quantitative estimate of drug-likeness (QED) is 0.538. The maximum Gasteiger partial charge on any atom is 0.252 e. The Bertz CT molecular complexity index is 1140. The molecular formula is C19H19N5O. The third-order valence-electron chi connectivity index (χ3n) is 4.58. The van der Waals surface area contributed by atoms with Crippen LogP contribution in [0.15, 0.2) is 36.7 Å². The molecule has 1 amide bonds. The molecule has 0 fully saturated rings. The molecule has 0 aliphatic heterocycles. The van der Waals surface area contributed by atoms with E-state index in [1.807, 2.05) is 25.4 Å². The van der Waals surface area contributed by atoms with Gasteiger partial charge in [-0.25, -0.2) is 4.52 Å². The van der Waals surface area contributed by atoms with E-state index in [4.69, 9.17) is 5.73 Å². The molecule has 6 heteroatoms. The Balaban J connectivity index is 2.04. The Morgan fingerprint density at radius 2 is 2.04 bits per heavy atom. The fraction of sp³-hybridized carbons (Fsp3) is 0.158. The number of H-pyrrole nitrogens is 1. The number of aromatic amines is 1. The van der Waals surface area contributed by atoms with Crippen molar-refractivity contribution in [3.05, 3.63) is 53.3 Å². The van der Waals surface area contributed by atoms with Gasteiger partial charge in [-0.3, -0.25) is 4.79 Å². The van der Waals surface area contributed by atoms with Crippen molar-refractivity contribution in [1.82, 2.24) is 14.6 Å². The highest BCUT2D eigenvalue weighted by Crippen LogP contribution is 2.33. The van der Waals surface area contributed by atoms with Crippen LogP contribution < -0.4 is 11.1 Å². The first-order valence-corrected chi connectivity index (χ1v) is 8.07. The average molecular weight is 333 g/mol. The molecule has 0 radical (unpaired) electrons. The number of rotatable bonds is 3. The van der Waals surface area contributed by atoms with Gasteiger partial charge in [-0.1, -0.05) is 11.6 Å². The zero-order valence-electron chi connectivity index (χ0n) is 14.3. The molecule has 0 unspecified atom stereocenters. The van der Waals surface area contributed by atoms with Gasteiger partial charge in [0.1, 0.15) is 5.82 Å². The number of hydrogen-bond donors (Lipinski definition) is 3. The Morgan fingerprint density at radius 3 is 2.76 bits per heavy atom. The SMILES string of the molecule is CNc1cc(-c2c[nH]c3c(C)cc(C)cc23)cc2c(C(N)=O)cnn12. The summed E-state index contributed by atoms with van der Waals surface area (Å²) >= 11 is 0. The number of nitrogens with zero attached hydrogens (tertiary/aromatic N) is 2. The molecule has 6 nitrogen and oxygen atoms in total. The van der Waals surface area contributed by atoms with Crippen LogP contribution in [-0.2, 0) is 0 Å². The minimum absolute atomic E-state index is 0.408. The van der Waals surface area contributed by atoms with Gasteiger partial charge < -0.3 is 16.0 Å². The Labute approximate surface area is 144 Å². The number of nitrogens with two attached hydrogens (primary N) is 1. The van der Waals surface area contributed by atoms with Gasteiger partial charge in [-0.15, -0.1) is 0 Å².